The number of rotatable bonds is 6. The number of amides is 1. The summed E-state index contributed by atoms with van der Waals surface area (Å²) in [4.78, 5) is 14.1. The summed E-state index contributed by atoms with van der Waals surface area (Å²) in [6, 6.07) is 3.81. The lowest BCUT2D eigenvalue weighted by atomic mass is 10.2. The van der Waals surface area contributed by atoms with Gasteiger partial charge in [-0.2, -0.15) is 0 Å². The van der Waals surface area contributed by atoms with Crippen LogP contribution in [0, 0.1) is 0 Å². The lowest BCUT2D eigenvalue weighted by Gasteiger charge is -2.10. The molecule has 0 aliphatic rings. The van der Waals surface area contributed by atoms with Crippen molar-refractivity contribution in [2.24, 2.45) is 5.73 Å². The lowest BCUT2D eigenvalue weighted by Crippen LogP contribution is -2.39. The molecule has 0 saturated carbocycles. The minimum atomic E-state index is -0.365. The van der Waals surface area contributed by atoms with E-state index in [0.29, 0.717) is 6.54 Å². The summed E-state index contributed by atoms with van der Waals surface area (Å²) in [6.07, 6.45) is 2.73. The van der Waals surface area contributed by atoms with Gasteiger partial charge in [0.05, 0.1) is 12.6 Å². The van der Waals surface area contributed by atoms with E-state index in [1.54, 1.807) is 11.3 Å². The number of carbonyl (C=O) groups excluding carboxylic acids is 1. The molecule has 3 N–H and O–H groups in total. The van der Waals surface area contributed by atoms with E-state index in [0.717, 1.165) is 19.3 Å². The Morgan fingerprint density at radius 1 is 1.41 bits per heavy atom. The quantitative estimate of drug-likeness (QED) is 0.839. The van der Waals surface area contributed by atoms with Gasteiger partial charge in [-0.05, 0) is 25.0 Å². The summed E-state index contributed by atoms with van der Waals surface area (Å²) >= 11 is 1.74. The van der Waals surface area contributed by atoms with Gasteiger partial charge >= 0.3 is 0 Å². The van der Waals surface area contributed by atoms with E-state index in [2.05, 4.69) is 24.4 Å². The van der Waals surface area contributed by atoms with Crippen molar-refractivity contribution in [1.29, 1.82) is 0 Å². The fourth-order valence-electron chi connectivity index (χ4n) is 1.45. The molecule has 0 spiro atoms. The van der Waals surface area contributed by atoms with Crippen molar-refractivity contribution >= 4 is 29.7 Å². The highest BCUT2D eigenvalue weighted by molar-refractivity contribution is 7.11. The van der Waals surface area contributed by atoms with Crippen LogP contribution >= 0.6 is 23.7 Å². The molecule has 1 atom stereocenters. The molecule has 98 valence electrons. The van der Waals surface area contributed by atoms with Gasteiger partial charge in [-0.1, -0.05) is 20.3 Å². The van der Waals surface area contributed by atoms with Crippen LogP contribution in [-0.4, -0.2) is 11.9 Å². The Kier molecular flexibility index (Phi) is 8.21. The third-order valence-corrected chi connectivity index (χ3v) is 3.67. The van der Waals surface area contributed by atoms with Crippen molar-refractivity contribution in [2.45, 2.75) is 45.7 Å². The summed E-state index contributed by atoms with van der Waals surface area (Å²) in [5.74, 6) is -0.0479. The van der Waals surface area contributed by atoms with Gasteiger partial charge in [0.15, 0.2) is 0 Å². The highest BCUT2D eigenvalue weighted by Gasteiger charge is 2.11. The minimum Gasteiger partial charge on any atom is -0.350 e. The zero-order chi connectivity index (χ0) is 12.0. The van der Waals surface area contributed by atoms with Gasteiger partial charge in [0, 0.05) is 9.75 Å². The van der Waals surface area contributed by atoms with E-state index in [-0.39, 0.29) is 24.4 Å². The predicted octanol–water partition coefficient (Wildman–Crippen LogP) is 2.48. The second-order valence-electron chi connectivity index (χ2n) is 3.83. The molecule has 0 aliphatic heterocycles. The third-order valence-electron chi connectivity index (χ3n) is 2.44. The molecule has 17 heavy (non-hydrogen) atoms. The molecule has 5 heteroatoms. The number of hydrogen-bond donors (Lipinski definition) is 2. The number of hydrogen-bond acceptors (Lipinski definition) is 3. The standard InChI is InChI=1S/C12H20N2OS.ClH/c1-3-5-11(13)12(15)14-8-10-7-6-9(4-2)16-10;/h6-7,11H,3-5,8,13H2,1-2H3,(H,14,15);1H. The molecule has 0 saturated heterocycles. The topological polar surface area (TPSA) is 55.1 Å². The van der Waals surface area contributed by atoms with Crippen molar-refractivity contribution in [3.05, 3.63) is 21.9 Å². The number of aryl methyl sites for hydroxylation is 1. The molecule has 1 heterocycles. The Hall–Kier alpha value is -0.580. The molecule has 1 amide bonds. The van der Waals surface area contributed by atoms with Crippen molar-refractivity contribution in [3.8, 4) is 0 Å². The third kappa shape index (κ3) is 5.52. The van der Waals surface area contributed by atoms with Gasteiger partial charge in [0.1, 0.15) is 0 Å². The van der Waals surface area contributed by atoms with E-state index >= 15 is 0 Å². The maximum absolute atomic E-state index is 11.6. The first-order valence-electron chi connectivity index (χ1n) is 5.78. The molecule has 1 rings (SSSR count). The number of thiophene rings is 1. The largest absolute Gasteiger partial charge is 0.350 e. The lowest BCUT2D eigenvalue weighted by molar-refractivity contribution is -0.122. The second kappa shape index (κ2) is 8.50. The first-order chi connectivity index (χ1) is 7.67. The zero-order valence-electron chi connectivity index (χ0n) is 10.4. The fraction of sp³-hybridized carbons (Fsp3) is 0.583. The second-order valence-corrected chi connectivity index (χ2v) is 5.09. The van der Waals surface area contributed by atoms with E-state index < -0.39 is 0 Å². The molecule has 0 radical (unpaired) electrons. The monoisotopic (exact) mass is 276 g/mol. The highest BCUT2D eigenvalue weighted by Crippen LogP contribution is 2.16. The van der Waals surface area contributed by atoms with Gasteiger partial charge in [-0.25, -0.2) is 0 Å². The Morgan fingerprint density at radius 3 is 2.59 bits per heavy atom. The summed E-state index contributed by atoms with van der Waals surface area (Å²) in [5, 5.41) is 2.87. The number of halogens is 1. The molecular weight excluding hydrogens is 256 g/mol. The number of nitrogens with two attached hydrogens (primary N) is 1. The first kappa shape index (κ1) is 16.4. The van der Waals surface area contributed by atoms with Crippen LogP contribution in [0.4, 0.5) is 0 Å². The number of carbonyl (C=O) groups is 1. The molecule has 1 aromatic heterocycles. The molecule has 0 aromatic carbocycles. The van der Waals surface area contributed by atoms with Gasteiger partial charge in [0.25, 0.3) is 0 Å². The van der Waals surface area contributed by atoms with Crippen molar-refractivity contribution in [1.82, 2.24) is 5.32 Å². The Labute approximate surface area is 113 Å². The SMILES string of the molecule is CCCC(N)C(=O)NCc1ccc(CC)s1.Cl. The van der Waals surface area contributed by atoms with Crippen LogP contribution in [0.25, 0.3) is 0 Å². The Morgan fingerprint density at radius 2 is 2.06 bits per heavy atom. The van der Waals surface area contributed by atoms with Gasteiger partial charge in [0.2, 0.25) is 5.91 Å². The van der Waals surface area contributed by atoms with Crippen molar-refractivity contribution in [3.63, 3.8) is 0 Å². The van der Waals surface area contributed by atoms with Gasteiger partial charge < -0.3 is 11.1 Å². The summed E-state index contributed by atoms with van der Waals surface area (Å²) < 4.78 is 0. The van der Waals surface area contributed by atoms with E-state index in [1.807, 2.05) is 6.92 Å². The molecule has 0 fully saturated rings. The molecular formula is C12H21ClN2OS. The summed E-state index contributed by atoms with van der Waals surface area (Å²) in [5.41, 5.74) is 5.71. The molecule has 3 nitrogen and oxygen atoms in total. The van der Waals surface area contributed by atoms with Crippen LogP contribution in [-0.2, 0) is 17.8 Å². The maximum atomic E-state index is 11.6. The van der Waals surface area contributed by atoms with Crippen LogP contribution in [0.3, 0.4) is 0 Å². The summed E-state index contributed by atoms with van der Waals surface area (Å²) in [6.45, 7) is 4.76. The van der Waals surface area contributed by atoms with Crippen LogP contribution in [0.5, 0.6) is 0 Å². The zero-order valence-corrected chi connectivity index (χ0v) is 12.0. The van der Waals surface area contributed by atoms with E-state index in [1.165, 1.54) is 9.75 Å². The first-order valence-corrected chi connectivity index (χ1v) is 6.59. The van der Waals surface area contributed by atoms with Crippen LogP contribution < -0.4 is 11.1 Å². The smallest absolute Gasteiger partial charge is 0.237 e. The van der Waals surface area contributed by atoms with Crippen LogP contribution in [0.2, 0.25) is 0 Å². The Bertz CT molecular complexity index is 341. The Balaban J connectivity index is 0.00000256. The molecule has 0 aliphatic carbocycles. The van der Waals surface area contributed by atoms with Gasteiger partial charge in [-0.15, -0.1) is 23.7 Å². The van der Waals surface area contributed by atoms with E-state index in [4.69, 9.17) is 5.73 Å². The predicted molar refractivity (Wildman–Crippen MR) is 75.7 cm³/mol. The van der Waals surface area contributed by atoms with Crippen molar-refractivity contribution in [2.75, 3.05) is 0 Å². The van der Waals surface area contributed by atoms with Crippen LogP contribution in [0.1, 0.15) is 36.4 Å². The molecule has 1 aromatic rings. The minimum absolute atomic E-state index is 0. The van der Waals surface area contributed by atoms with Crippen LogP contribution in [0.15, 0.2) is 12.1 Å². The van der Waals surface area contributed by atoms with E-state index in [9.17, 15) is 4.79 Å². The number of nitrogens with one attached hydrogen (secondary N) is 1. The highest BCUT2D eigenvalue weighted by atomic mass is 35.5. The fourth-order valence-corrected chi connectivity index (χ4v) is 2.35. The average molecular weight is 277 g/mol. The average Bonchev–Trinajstić information content (AvgIpc) is 2.74. The van der Waals surface area contributed by atoms with Gasteiger partial charge in [-0.3, -0.25) is 4.79 Å². The maximum Gasteiger partial charge on any atom is 0.237 e. The molecule has 1 unspecified atom stereocenters. The normalized spacial score (nSPS) is 11.7. The van der Waals surface area contributed by atoms with Crippen molar-refractivity contribution < 1.29 is 4.79 Å². The molecule has 0 bridgehead atoms. The summed E-state index contributed by atoms with van der Waals surface area (Å²) in [7, 11) is 0.